The van der Waals surface area contributed by atoms with Crippen LogP contribution in [0.2, 0.25) is 0 Å². The summed E-state index contributed by atoms with van der Waals surface area (Å²) < 4.78 is 5.73. The van der Waals surface area contributed by atoms with Gasteiger partial charge in [0, 0.05) is 24.1 Å². The topological polar surface area (TPSA) is 21.3 Å². The van der Waals surface area contributed by atoms with Gasteiger partial charge in [0.05, 0.1) is 6.61 Å². The summed E-state index contributed by atoms with van der Waals surface area (Å²) in [5, 5.41) is 3.64. The Hall–Kier alpha value is -1.80. The maximum absolute atomic E-state index is 5.73. The zero-order chi connectivity index (χ0) is 13.9. The van der Waals surface area contributed by atoms with Crippen LogP contribution in [0.5, 0.6) is 5.75 Å². The molecule has 0 spiro atoms. The summed E-state index contributed by atoms with van der Waals surface area (Å²) >= 11 is 0. The molecule has 1 heterocycles. The van der Waals surface area contributed by atoms with Crippen LogP contribution >= 0.6 is 0 Å². The highest BCUT2D eigenvalue weighted by Gasteiger charge is 2.23. The molecule has 0 fully saturated rings. The van der Waals surface area contributed by atoms with E-state index in [2.05, 4.69) is 61.6 Å². The first-order valence-corrected chi connectivity index (χ1v) is 7.26. The van der Waals surface area contributed by atoms with Crippen LogP contribution in [0.15, 0.2) is 48.5 Å². The van der Waals surface area contributed by atoms with Crippen LogP contribution in [0.3, 0.4) is 0 Å². The minimum Gasteiger partial charge on any atom is -0.493 e. The van der Waals surface area contributed by atoms with E-state index in [1.165, 1.54) is 16.7 Å². The predicted molar refractivity (Wildman–Crippen MR) is 82.3 cm³/mol. The highest BCUT2D eigenvalue weighted by atomic mass is 16.5. The van der Waals surface area contributed by atoms with Crippen molar-refractivity contribution in [2.45, 2.75) is 25.8 Å². The Labute approximate surface area is 120 Å². The molecular formula is C18H21NO. The van der Waals surface area contributed by atoms with E-state index in [-0.39, 0.29) is 0 Å². The molecule has 0 radical (unpaired) electrons. The summed E-state index contributed by atoms with van der Waals surface area (Å²) in [6.45, 7) is 6.13. The molecule has 104 valence electrons. The van der Waals surface area contributed by atoms with Crippen LogP contribution < -0.4 is 10.1 Å². The quantitative estimate of drug-likeness (QED) is 0.909. The van der Waals surface area contributed by atoms with Crippen LogP contribution in [0.1, 0.15) is 35.6 Å². The maximum Gasteiger partial charge on any atom is 0.122 e. The van der Waals surface area contributed by atoms with E-state index >= 15 is 0 Å². The minimum atomic E-state index is 0.365. The van der Waals surface area contributed by atoms with Gasteiger partial charge in [-0.05, 0) is 31.0 Å². The highest BCUT2D eigenvalue weighted by molar-refractivity contribution is 5.39. The van der Waals surface area contributed by atoms with Crippen molar-refractivity contribution in [2.24, 2.45) is 0 Å². The van der Waals surface area contributed by atoms with Crippen LogP contribution in [-0.4, -0.2) is 13.2 Å². The van der Waals surface area contributed by atoms with Gasteiger partial charge in [0.15, 0.2) is 0 Å². The van der Waals surface area contributed by atoms with Crippen molar-refractivity contribution in [2.75, 3.05) is 13.2 Å². The Kier molecular flexibility index (Phi) is 3.75. The molecule has 2 nitrogen and oxygen atoms in total. The van der Waals surface area contributed by atoms with Crippen molar-refractivity contribution in [3.63, 3.8) is 0 Å². The third kappa shape index (κ3) is 2.56. The second-order valence-electron chi connectivity index (χ2n) is 5.53. The summed E-state index contributed by atoms with van der Waals surface area (Å²) in [6, 6.07) is 17.3. The molecule has 2 heteroatoms. The Balaban J connectivity index is 1.65. The van der Waals surface area contributed by atoms with E-state index in [0.717, 1.165) is 18.9 Å². The number of aryl methyl sites for hydroxylation is 1. The number of rotatable bonds is 4. The molecule has 2 atom stereocenters. The van der Waals surface area contributed by atoms with Crippen molar-refractivity contribution in [3.8, 4) is 5.75 Å². The largest absolute Gasteiger partial charge is 0.493 e. The monoisotopic (exact) mass is 267 g/mol. The second kappa shape index (κ2) is 5.68. The fourth-order valence-electron chi connectivity index (χ4n) is 2.90. The number of para-hydroxylation sites is 1. The zero-order valence-electron chi connectivity index (χ0n) is 12.1. The van der Waals surface area contributed by atoms with Gasteiger partial charge in [-0.15, -0.1) is 0 Å². The van der Waals surface area contributed by atoms with E-state index in [9.17, 15) is 0 Å². The number of fused-ring (bicyclic) bond motifs is 1. The molecule has 0 amide bonds. The molecule has 0 saturated carbocycles. The van der Waals surface area contributed by atoms with Gasteiger partial charge in [-0.2, -0.15) is 0 Å². The van der Waals surface area contributed by atoms with E-state index in [0.29, 0.717) is 12.0 Å². The third-order valence-corrected chi connectivity index (χ3v) is 4.12. The van der Waals surface area contributed by atoms with Gasteiger partial charge in [0.1, 0.15) is 5.75 Å². The van der Waals surface area contributed by atoms with Crippen LogP contribution in [0.25, 0.3) is 0 Å². The molecule has 2 unspecified atom stereocenters. The Morgan fingerprint density at radius 3 is 2.75 bits per heavy atom. The average molecular weight is 267 g/mol. The third-order valence-electron chi connectivity index (χ3n) is 4.12. The SMILES string of the molecule is Cc1ccccc1C(C)NCC1COc2ccccc21. The molecule has 20 heavy (non-hydrogen) atoms. The van der Waals surface area contributed by atoms with Crippen LogP contribution in [0.4, 0.5) is 0 Å². The Morgan fingerprint density at radius 1 is 1.15 bits per heavy atom. The number of benzene rings is 2. The average Bonchev–Trinajstić information content (AvgIpc) is 2.88. The predicted octanol–water partition coefficient (Wildman–Crippen LogP) is 3.82. The van der Waals surface area contributed by atoms with Gasteiger partial charge >= 0.3 is 0 Å². The number of nitrogens with one attached hydrogen (secondary N) is 1. The number of hydrogen-bond donors (Lipinski definition) is 1. The maximum atomic E-state index is 5.73. The molecule has 2 aromatic rings. The normalized spacial score (nSPS) is 18.4. The lowest BCUT2D eigenvalue weighted by molar-refractivity contribution is 0.323. The molecule has 0 aromatic heterocycles. The van der Waals surface area contributed by atoms with Gasteiger partial charge in [-0.3, -0.25) is 0 Å². The lowest BCUT2D eigenvalue weighted by atomic mass is 9.99. The standard InChI is InChI=1S/C18H21NO/c1-13-7-3-4-8-16(13)14(2)19-11-15-12-20-18-10-6-5-9-17(15)18/h3-10,14-15,19H,11-12H2,1-2H3. The van der Waals surface area contributed by atoms with E-state index < -0.39 is 0 Å². The molecule has 1 aliphatic heterocycles. The highest BCUT2D eigenvalue weighted by Crippen LogP contribution is 2.33. The van der Waals surface area contributed by atoms with Gasteiger partial charge < -0.3 is 10.1 Å². The van der Waals surface area contributed by atoms with Crippen LogP contribution in [-0.2, 0) is 0 Å². The second-order valence-corrected chi connectivity index (χ2v) is 5.53. The first-order chi connectivity index (χ1) is 9.75. The first kappa shape index (κ1) is 13.2. The number of ether oxygens (including phenoxy) is 1. The number of hydrogen-bond acceptors (Lipinski definition) is 2. The van der Waals surface area contributed by atoms with Crippen molar-refractivity contribution in [3.05, 3.63) is 65.2 Å². The summed E-state index contributed by atoms with van der Waals surface area (Å²) in [4.78, 5) is 0. The fraction of sp³-hybridized carbons (Fsp3) is 0.333. The summed E-state index contributed by atoms with van der Waals surface area (Å²) in [7, 11) is 0. The summed E-state index contributed by atoms with van der Waals surface area (Å²) in [6.07, 6.45) is 0. The minimum absolute atomic E-state index is 0.365. The van der Waals surface area contributed by atoms with Gasteiger partial charge in [0.25, 0.3) is 0 Å². The first-order valence-electron chi connectivity index (χ1n) is 7.26. The van der Waals surface area contributed by atoms with Gasteiger partial charge in [0.2, 0.25) is 0 Å². The Morgan fingerprint density at radius 2 is 1.90 bits per heavy atom. The molecule has 0 saturated heterocycles. The Bertz CT molecular complexity index is 593. The summed E-state index contributed by atoms with van der Waals surface area (Å²) in [5.74, 6) is 1.50. The van der Waals surface area contributed by atoms with Crippen molar-refractivity contribution in [1.29, 1.82) is 0 Å². The molecular weight excluding hydrogens is 246 g/mol. The summed E-state index contributed by atoms with van der Waals surface area (Å²) in [5.41, 5.74) is 4.05. The lowest BCUT2D eigenvalue weighted by Crippen LogP contribution is -2.25. The molecule has 1 aliphatic rings. The van der Waals surface area contributed by atoms with E-state index in [4.69, 9.17) is 4.74 Å². The van der Waals surface area contributed by atoms with Crippen molar-refractivity contribution < 1.29 is 4.74 Å². The lowest BCUT2D eigenvalue weighted by Gasteiger charge is -2.19. The molecule has 3 rings (SSSR count). The van der Waals surface area contributed by atoms with Gasteiger partial charge in [-0.1, -0.05) is 42.5 Å². The van der Waals surface area contributed by atoms with Crippen molar-refractivity contribution in [1.82, 2.24) is 5.32 Å². The zero-order valence-corrected chi connectivity index (χ0v) is 12.1. The molecule has 2 aromatic carbocycles. The van der Waals surface area contributed by atoms with Crippen LogP contribution in [0, 0.1) is 6.92 Å². The molecule has 1 N–H and O–H groups in total. The van der Waals surface area contributed by atoms with E-state index in [1.807, 2.05) is 6.07 Å². The smallest absolute Gasteiger partial charge is 0.122 e. The van der Waals surface area contributed by atoms with Gasteiger partial charge in [-0.25, -0.2) is 0 Å². The van der Waals surface area contributed by atoms with Crippen molar-refractivity contribution >= 4 is 0 Å². The molecule has 0 aliphatic carbocycles. The molecule has 0 bridgehead atoms. The fourth-order valence-corrected chi connectivity index (χ4v) is 2.90. The van der Waals surface area contributed by atoms with E-state index in [1.54, 1.807) is 0 Å².